The van der Waals surface area contributed by atoms with Gasteiger partial charge in [0, 0.05) is 25.0 Å². The lowest BCUT2D eigenvalue weighted by molar-refractivity contribution is 0.865. The van der Waals surface area contributed by atoms with Crippen LogP contribution in [0, 0.1) is 0 Å². The second kappa shape index (κ2) is 3.81. The SMILES string of the molecule is CCN(CC)c1ccn2cnc(N)c2c1. The molecule has 0 atom stereocenters. The molecule has 0 radical (unpaired) electrons. The molecule has 0 unspecified atom stereocenters. The molecule has 2 aromatic heterocycles. The first-order chi connectivity index (χ1) is 7.26. The average Bonchev–Trinajstić information content (AvgIpc) is 2.62. The minimum Gasteiger partial charge on any atom is -0.382 e. The normalized spacial score (nSPS) is 10.8. The Morgan fingerprint density at radius 2 is 2.13 bits per heavy atom. The summed E-state index contributed by atoms with van der Waals surface area (Å²) in [5.74, 6) is 0.587. The molecule has 4 nitrogen and oxygen atoms in total. The number of fused-ring (bicyclic) bond motifs is 1. The Hall–Kier alpha value is -1.71. The number of nitrogens with zero attached hydrogens (tertiary/aromatic N) is 3. The van der Waals surface area contributed by atoms with Crippen LogP contribution in [0.25, 0.3) is 5.52 Å². The van der Waals surface area contributed by atoms with Gasteiger partial charge in [0.15, 0.2) is 0 Å². The van der Waals surface area contributed by atoms with Gasteiger partial charge in [0.25, 0.3) is 0 Å². The summed E-state index contributed by atoms with van der Waals surface area (Å²) in [7, 11) is 0. The summed E-state index contributed by atoms with van der Waals surface area (Å²) in [6, 6.07) is 4.16. The van der Waals surface area contributed by atoms with E-state index in [2.05, 4.69) is 35.9 Å². The molecule has 80 valence electrons. The maximum absolute atomic E-state index is 5.78. The summed E-state index contributed by atoms with van der Waals surface area (Å²) in [4.78, 5) is 6.35. The van der Waals surface area contributed by atoms with E-state index < -0.39 is 0 Å². The molecule has 0 aliphatic carbocycles. The summed E-state index contributed by atoms with van der Waals surface area (Å²) >= 11 is 0. The molecule has 0 bridgehead atoms. The first kappa shape index (κ1) is 9.83. The highest BCUT2D eigenvalue weighted by Crippen LogP contribution is 2.19. The van der Waals surface area contributed by atoms with Crippen molar-refractivity contribution in [2.24, 2.45) is 0 Å². The Labute approximate surface area is 89.3 Å². The van der Waals surface area contributed by atoms with Gasteiger partial charge in [0.1, 0.15) is 12.1 Å². The largest absolute Gasteiger partial charge is 0.382 e. The quantitative estimate of drug-likeness (QED) is 0.828. The topological polar surface area (TPSA) is 46.6 Å². The Balaban J connectivity index is 2.49. The van der Waals surface area contributed by atoms with E-state index >= 15 is 0 Å². The van der Waals surface area contributed by atoms with E-state index in [0.717, 1.165) is 18.6 Å². The zero-order chi connectivity index (χ0) is 10.8. The molecule has 0 aliphatic heterocycles. The number of rotatable bonds is 3. The highest BCUT2D eigenvalue weighted by Gasteiger charge is 2.05. The molecule has 4 heteroatoms. The van der Waals surface area contributed by atoms with Crippen molar-refractivity contribution in [3.63, 3.8) is 0 Å². The van der Waals surface area contributed by atoms with Gasteiger partial charge < -0.3 is 15.0 Å². The first-order valence-corrected chi connectivity index (χ1v) is 5.23. The summed E-state index contributed by atoms with van der Waals surface area (Å²) in [6.07, 6.45) is 3.73. The standard InChI is InChI=1S/C11H16N4/c1-3-14(4-2)9-5-6-15-8-13-11(12)10(15)7-9/h5-8H,3-4,12H2,1-2H3. The van der Waals surface area contributed by atoms with Gasteiger partial charge in [0.05, 0.1) is 5.52 Å². The van der Waals surface area contributed by atoms with Gasteiger partial charge in [-0.25, -0.2) is 4.98 Å². The molecule has 0 amide bonds. The number of hydrogen-bond donors (Lipinski definition) is 1. The maximum atomic E-state index is 5.78. The van der Waals surface area contributed by atoms with Crippen LogP contribution in [0.1, 0.15) is 13.8 Å². The molecule has 0 fully saturated rings. The van der Waals surface area contributed by atoms with E-state index in [4.69, 9.17) is 5.73 Å². The third kappa shape index (κ3) is 1.63. The summed E-state index contributed by atoms with van der Waals surface area (Å²) in [5, 5.41) is 0. The number of hydrogen-bond acceptors (Lipinski definition) is 3. The zero-order valence-electron chi connectivity index (χ0n) is 9.14. The van der Waals surface area contributed by atoms with Crippen molar-refractivity contribution < 1.29 is 0 Å². The highest BCUT2D eigenvalue weighted by molar-refractivity contribution is 5.70. The van der Waals surface area contributed by atoms with Crippen molar-refractivity contribution in [3.8, 4) is 0 Å². The molecule has 2 N–H and O–H groups in total. The van der Waals surface area contributed by atoms with Gasteiger partial charge >= 0.3 is 0 Å². The summed E-state index contributed by atoms with van der Waals surface area (Å²) < 4.78 is 1.93. The van der Waals surface area contributed by atoms with Crippen molar-refractivity contribution >= 4 is 17.0 Å². The molecule has 2 rings (SSSR count). The fraction of sp³-hybridized carbons (Fsp3) is 0.364. The fourth-order valence-corrected chi connectivity index (χ4v) is 1.78. The van der Waals surface area contributed by atoms with E-state index in [1.807, 2.05) is 10.6 Å². The van der Waals surface area contributed by atoms with Gasteiger partial charge in [0.2, 0.25) is 0 Å². The molecule has 2 heterocycles. The molecule has 0 saturated heterocycles. The minimum atomic E-state index is 0.587. The van der Waals surface area contributed by atoms with Crippen LogP contribution in [-0.4, -0.2) is 22.5 Å². The predicted octanol–water partition coefficient (Wildman–Crippen LogP) is 1.76. The maximum Gasteiger partial charge on any atom is 0.149 e. The van der Waals surface area contributed by atoms with E-state index in [9.17, 15) is 0 Å². The van der Waals surface area contributed by atoms with Gasteiger partial charge in [-0.15, -0.1) is 0 Å². The highest BCUT2D eigenvalue weighted by atomic mass is 15.1. The first-order valence-electron chi connectivity index (χ1n) is 5.23. The number of pyridine rings is 1. The van der Waals surface area contributed by atoms with E-state index in [-0.39, 0.29) is 0 Å². The van der Waals surface area contributed by atoms with Gasteiger partial charge in [-0.1, -0.05) is 0 Å². The zero-order valence-corrected chi connectivity index (χ0v) is 9.14. The van der Waals surface area contributed by atoms with Crippen LogP contribution in [0.3, 0.4) is 0 Å². The Morgan fingerprint density at radius 3 is 2.80 bits per heavy atom. The third-order valence-corrected chi connectivity index (χ3v) is 2.68. The molecule has 0 aliphatic rings. The van der Waals surface area contributed by atoms with Gasteiger partial charge in [-0.05, 0) is 26.0 Å². The molecular weight excluding hydrogens is 188 g/mol. The second-order valence-electron chi connectivity index (χ2n) is 3.48. The predicted molar refractivity (Wildman–Crippen MR) is 63.2 cm³/mol. The lowest BCUT2D eigenvalue weighted by atomic mass is 10.3. The molecule has 0 saturated carbocycles. The van der Waals surface area contributed by atoms with Gasteiger partial charge in [-0.3, -0.25) is 0 Å². The lowest BCUT2D eigenvalue weighted by Gasteiger charge is -2.20. The van der Waals surface area contributed by atoms with Crippen molar-refractivity contribution in [1.82, 2.24) is 9.38 Å². The van der Waals surface area contributed by atoms with E-state index in [1.165, 1.54) is 5.69 Å². The van der Waals surface area contributed by atoms with Crippen molar-refractivity contribution in [3.05, 3.63) is 24.7 Å². The number of anilines is 2. The molecule has 15 heavy (non-hydrogen) atoms. The molecule has 0 spiro atoms. The number of nitrogens with two attached hydrogens (primary N) is 1. The van der Waals surface area contributed by atoms with Crippen LogP contribution < -0.4 is 10.6 Å². The molecular formula is C11H16N4. The number of imidazole rings is 1. The Kier molecular flexibility index (Phi) is 2.49. The summed E-state index contributed by atoms with van der Waals surface area (Å²) in [6.45, 7) is 6.29. The van der Waals surface area contributed by atoms with Crippen molar-refractivity contribution in [1.29, 1.82) is 0 Å². The lowest BCUT2D eigenvalue weighted by Crippen LogP contribution is -2.21. The van der Waals surface area contributed by atoms with E-state index in [0.29, 0.717) is 5.82 Å². The van der Waals surface area contributed by atoms with Gasteiger partial charge in [-0.2, -0.15) is 0 Å². The number of nitrogen functional groups attached to an aromatic ring is 1. The fourth-order valence-electron chi connectivity index (χ4n) is 1.78. The Morgan fingerprint density at radius 1 is 1.40 bits per heavy atom. The van der Waals surface area contributed by atoms with E-state index in [1.54, 1.807) is 6.33 Å². The Bertz CT molecular complexity index is 457. The molecule has 0 aromatic carbocycles. The van der Waals surface area contributed by atoms with Crippen LogP contribution in [0.15, 0.2) is 24.7 Å². The second-order valence-corrected chi connectivity index (χ2v) is 3.48. The van der Waals surface area contributed by atoms with Crippen LogP contribution in [0.2, 0.25) is 0 Å². The monoisotopic (exact) mass is 204 g/mol. The molecule has 2 aromatic rings. The minimum absolute atomic E-state index is 0.587. The number of aromatic nitrogens is 2. The third-order valence-electron chi connectivity index (χ3n) is 2.68. The van der Waals surface area contributed by atoms with Crippen molar-refractivity contribution in [2.75, 3.05) is 23.7 Å². The smallest absolute Gasteiger partial charge is 0.149 e. The average molecular weight is 204 g/mol. The van der Waals surface area contributed by atoms with Crippen LogP contribution in [-0.2, 0) is 0 Å². The van der Waals surface area contributed by atoms with Crippen LogP contribution >= 0.6 is 0 Å². The van der Waals surface area contributed by atoms with Crippen LogP contribution in [0.4, 0.5) is 11.5 Å². The van der Waals surface area contributed by atoms with Crippen LogP contribution in [0.5, 0.6) is 0 Å². The van der Waals surface area contributed by atoms with Crippen molar-refractivity contribution in [2.45, 2.75) is 13.8 Å². The summed E-state index contributed by atoms with van der Waals surface area (Å²) in [5.41, 5.74) is 7.94.